The van der Waals surface area contributed by atoms with Crippen molar-refractivity contribution in [3.63, 3.8) is 0 Å². The van der Waals surface area contributed by atoms with Gasteiger partial charge in [0, 0.05) is 6.20 Å². The minimum Gasteiger partial charge on any atom is -0.390 e. The SMILES string of the molecule is CC(C)c1cnc(CO)cc1C(C)C. The summed E-state index contributed by atoms with van der Waals surface area (Å²) in [6, 6.07) is 2.01. The van der Waals surface area contributed by atoms with Crippen LogP contribution in [0.5, 0.6) is 0 Å². The van der Waals surface area contributed by atoms with Crippen LogP contribution in [0.2, 0.25) is 0 Å². The lowest BCUT2D eigenvalue weighted by molar-refractivity contribution is 0.276. The van der Waals surface area contributed by atoms with Gasteiger partial charge in [0.2, 0.25) is 0 Å². The zero-order valence-electron chi connectivity index (χ0n) is 9.41. The second-order valence-electron chi connectivity index (χ2n) is 4.27. The van der Waals surface area contributed by atoms with Gasteiger partial charge in [-0.15, -0.1) is 0 Å². The molecule has 0 saturated carbocycles. The molecule has 2 heteroatoms. The van der Waals surface area contributed by atoms with Crippen molar-refractivity contribution in [1.82, 2.24) is 4.98 Å². The summed E-state index contributed by atoms with van der Waals surface area (Å²) in [4.78, 5) is 4.21. The summed E-state index contributed by atoms with van der Waals surface area (Å²) in [6.45, 7) is 8.70. The molecule has 14 heavy (non-hydrogen) atoms. The summed E-state index contributed by atoms with van der Waals surface area (Å²) in [7, 11) is 0. The van der Waals surface area contributed by atoms with Crippen LogP contribution in [0.4, 0.5) is 0 Å². The van der Waals surface area contributed by atoms with Crippen molar-refractivity contribution in [3.8, 4) is 0 Å². The lowest BCUT2D eigenvalue weighted by Crippen LogP contribution is -2.02. The molecular formula is C12H19NO. The number of aliphatic hydroxyl groups excluding tert-OH is 1. The van der Waals surface area contributed by atoms with E-state index in [1.165, 1.54) is 11.1 Å². The van der Waals surface area contributed by atoms with E-state index >= 15 is 0 Å². The van der Waals surface area contributed by atoms with E-state index in [1.807, 2.05) is 12.3 Å². The Labute approximate surface area is 86.0 Å². The fourth-order valence-electron chi connectivity index (χ4n) is 1.60. The molecule has 0 aliphatic carbocycles. The molecule has 1 aromatic rings. The standard InChI is InChI=1S/C12H19NO/c1-8(2)11-5-10(7-14)13-6-12(11)9(3)4/h5-6,8-9,14H,7H2,1-4H3. The van der Waals surface area contributed by atoms with Gasteiger partial charge < -0.3 is 5.11 Å². The van der Waals surface area contributed by atoms with Gasteiger partial charge in [0.15, 0.2) is 0 Å². The molecule has 78 valence electrons. The molecule has 0 aliphatic rings. The van der Waals surface area contributed by atoms with E-state index in [9.17, 15) is 0 Å². The van der Waals surface area contributed by atoms with E-state index in [1.54, 1.807) is 0 Å². The molecule has 0 amide bonds. The number of nitrogens with zero attached hydrogens (tertiary/aromatic N) is 1. The van der Waals surface area contributed by atoms with Gasteiger partial charge >= 0.3 is 0 Å². The van der Waals surface area contributed by atoms with Crippen molar-refractivity contribution in [1.29, 1.82) is 0 Å². The van der Waals surface area contributed by atoms with Gasteiger partial charge in [-0.3, -0.25) is 4.98 Å². The van der Waals surface area contributed by atoms with Gasteiger partial charge in [-0.2, -0.15) is 0 Å². The van der Waals surface area contributed by atoms with Crippen molar-refractivity contribution in [2.24, 2.45) is 0 Å². The lowest BCUT2D eigenvalue weighted by atomic mass is 9.92. The van der Waals surface area contributed by atoms with E-state index in [0.717, 1.165) is 5.69 Å². The second kappa shape index (κ2) is 4.56. The van der Waals surface area contributed by atoms with Crippen LogP contribution in [0.1, 0.15) is 56.4 Å². The third-order valence-corrected chi connectivity index (χ3v) is 2.43. The first-order valence-corrected chi connectivity index (χ1v) is 5.15. The first kappa shape index (κ1) is 11.2. The number of rotatable bonds is 3. The largest absolute Gasteiger partial charge is 0.390 e. The predicted octanol–water partition coefficient (Wildman–Crippen LogP) is 2.82. The van der Waals surface area contributed by atoms with Crippen LogP contribution in [0, 0.1) is 0 Å². The molecule has 0 aromatic carbocycles. The highest BCUT2D eigenvalue weighted by Crippen LogP contribution is 2.25. The van der Waals surface area contributed by atoms with Crippen LogP contribution in [0.25, 0.3) is 0 Å². The van der Waals surface area contributed by atoms with Crippen LogP contribution in [-0.2, 0) is 6.61 Å². The average Bonchev–Trinajstić information content (AvgIpc) is 2.16. The Morgan fingerprint density at radius 2 is 1.71 bits per heavy atom. The smallest absolute Gasteiger partial charge is 0.0853 e. The average molecular weight is 193 g/mol. The van der Waals surface area contributed by atoms with Crippen LogP contribution in [0.15, 0.2) is 12.3 Å². The Morgan fingerprint density at radius 3 is 2.14 bits per heavy atom. The molecule has 0 aliphatic heterocycles. The monoisotopic (exact) mass is 193 g/mol. The van der Waals surface area contributed by atoms with Gasteiger partial charge in [-0.05, 0) is 29.0 Å². The molecule has 2 nitrogen and oxygen atoms in total. The fourth-order valence-corrected chi connectivity index (χ4v) is 1.60. The molecule has 1 heterocycles. The predicted molar refractivity (Wildman–Crippen MR) is 58.3 cm³/mol. The summed E-state index contributed by atoms with van der Waals surface area (Å²) in [6.07, 6.45) is 1.89. The van der Waals surface area contributed by atoms with E-state index in [-0.39, 0.29) is 6.61 Å². The second-order valence-corrected chi connectivity index (χ2v) is 4.27. The number of pyridine rings is 1. The zero-order valence-corrected chi connectivity index (χ0v) is 9.41. The third-order valence-electron chi connectivity index (χ3n) is 2.43. The Bertz CT molecular complexity index is 305. The van der Waals surface area contributed by atoms with E-state index in [2.05, 4.69) is 32.7 Å². The molecule has 1 N–H and O–H groups in total. The number of hydrogen-bond acceptors (Lipinski definition) is 2. The highest BCUT2D eigenvalue weighted by molar-refractivity contribution is 5.31. The van der Waals surface area contributed by atoms with Crippen molar-refractivity contribution in [2.45, 2.75) is 46.1 Å². The van der Waals surface area contributed by atoms with Crippen molar-refractivity contribution >= 4 is 0 Å². The highest BCUT2D eigenvalue weighted by atomic mass is 16.3. The van der Waals surface area contributed by atoms with Crippen molar-refractivity contribution < 1.29 is 5.11 Å². The Hall–Kier alpha value is -0.890. The van der Waals surface area contributed by atoms with E-state index in [0.29, 0.717) is 11.8 Å². The normalized spacial score (nSPS) is 11.4. The van der Waals surface area contributed by atoms with Crippen molar-refractivity contribution in [3.05, 3.63) is 29.1 Å². The van der Waals surface area contributed by atoms with E-state index < -0.39 is 0 Å². The lowest BCUT2D eigenvalue weighted by Gasteiger charge is -2.16. The maximum Gasteiger partial charge on any atom is 0.0853 e. The Morgan fingerprint density at radius 1 is 1.14 bits per heavy atom. The molecular weight excluding hydrogens is 174 g/mol. The minimum atomic E-state index is 0.0259. The first-order valence-electron chi connectivity index (χ1n) is 5.15. The molecule has 1 aromatic heterocycles. The molecule has 0 radical (unpaired) electrons. The Balaban J connectivity index is 3.17. The van der Waals surface area contributed by atoms with Gasteiger partial charge in [0.25, 0.3) is 0 Å². The first-order chi connectivity index (χ1) is 6.56. The van der Waals surface area contributed by atoms with Gasteiger partial charge in [0.1, 0.15) is 0 Å². The number of aliphatic hydroxyl groups is 1. The molecule has 0 bridgehead atoms. The van der Waals surface area contributed by atoms with Crippen LogP contribution < -0.4 is 0 Å². The summed E-state index contributed by atoms with van der Waals surface area (Å²) in [5.41, 5.74) is 3.36. The number of aromatic nitrogens is 1. The van der Waals surface area contributed by atoms with Gasteiger partial charge in [-0.1, -0.05) is 27.7 Å². The number of hydrogen-bond donors (Lipinski definition) is 1. The van der Waals surface area contributed by atoms with Crippen LogP contribution in [-0.4, -0.2) is 10.1 Å². The molecule has 0 saturated heterocycles. The zero-order chi connectivity index (χ0) is 10.7. The molecule has 0 fully saturated rings. The minimum absolute atomic E-state index is 0.0259. The quantitative estimate of drug-likeness (QED) is 0.800. The van der Waals surface area contributed by atoms with Crippen LogP contribution in [0.3, 0.4) is 0 Å². The van der Waals surface area contributed by atoms with Crippen LogP contribution >= 0.6 is 0 Å². The van der Waals surface area contributed by atoms with Crippen molar-refractivity contribution in [2.75, 3.05) is 0 Å². The third kappa shape index (κ3) is 2.32. The topological polar surface area (TPSA) is 33.1 Å². The summed E-state index contributed by atoms with van der Waals surface area (Å²) >= 11 is 0. The fraction of sp³-hybridized carbons (Fsp3) is 0.583. The van der Waals surface area contributed by atoms with Gasteiger partial charge in [-0.25, -0.2) is 0 Å². The maximum atomic E-state index is 9.01. The van der Waals surface area contributed by atoms with E-state index in [4.69, 9.17) is 5.11 Å². The maximum absolute atomic E-state index is 9.01. The summed E-state index contributed by atoms with van der Waals surface area (Å²) in [5.74, 6) is 0.980. The molecule has 0 unspecified atom stereocenters. The summed E-state index contributed by atoms with van der Waals surface area (Å²) in [5, 5.41) is 9.01. The molecule has 0 atom stereocenters. The van der Waals surface area contributed by atoms with Gasteiger partial charge in [0.05, 0.1) is 12.3 Å². The molecule has 1 rings (SSSR count). The highest BCUT2D eigenvalue weighted by Gasteiger charge is 2.11. The summed E-state index contributed by atoms with van der Waals surface area (Å²) < 4.78 is 0. The Kier molecular flexibility index (Phi) is 3.64. The molecule has 0 spiro atoms.